The van der Waals surface area contributed by atoms with E-state index in [9.17, 15) is 0 Å². The first-order chi connectivity index (χ1) is 7.17. The lowest BCUT2D eigenvalue weighted by Crippen LogP contribution is -2.40. The Bertz CT molecular complexity index is 214. The van der Waals surface area contributed by atoms with Gasteiger partial charge in [0.1, 0.15) is 0 Å². The summed E-state index contributed by atoms with van der Waals surface area (Å²) in [4.78, 5) is 0. The Balaban J connectivity index is 3.75. The van der Waals surface area contributed by atoms with Gasteiger partial charge < -0.3 is 9.53 Å². The van der Waals surface area contributed by atoms with E-state index in [4.69, 9.17) is 9.53 Å². The lowest BCUT2D eigenvalue weighted by Gasteiger charge is -2.36. The quantitative estimate of drug-likeness (QED) is 0.438. The lowest BCUT2D eigenvalue weighted by molar-refractivity contribution is 0.243. The SMILES string of the molecule is C[C@H](O)/C=C\CCCO[Si](C)(C)C(C)(C)C. The molecule has 0 aliphatic heterocycles. The van der Waals surface area contributed by atoms with E-state index in [0.717, 1.165) is 19.4 Å². The highest BCUT2D eigenvalue weighted by molar-refractivity contribution is 6.74. The van der Waals surface area contributed by atoms with Gasteiger partial charge in [0.05, 0.1) is 6.10 Å². The van der Waals surface area contributed by atoms with Crippen molar-refractivity contribution in [2.24, 2.45) is 0 Å². The largest absolute Gasteiger partial charge is 0.417 e. The Hall–Kier alpha value is -0.123. The topological polar surface area (TPSA) is 29.5 Å². The van der Waals surface area contributed by atoms with E-state index in [0.29, 0.717) is 5.04 Å². The van der Waals surface area contributed by atoms with Gasteiger partial charge in [-0.3, -0.25) is 0 Å². The van der Waals surface area contributed by atoms with Crippen LogP contribution in [0.1, 0.15) is 40.5 Å². The Morgan fingerprint density at radius 3 is 2.31 bits per heavy atom. The van der Waals surface area contributed by atoms with Crippen LogP contribution in [0, 0.1) is 0 Å². The molecule has 2 nitrogen and oxygen atoms in total. The van der Waals surface area contributed by atoms with Gasteiger partial charge in [-0.1, -0.05) is 32.9 Å². The summed E-state index contributed by atoms with van der Waals surface area (Å²) >= 11 is 0. The highest BCUT2D eigenvalue weighted by Gasteiger charge is 2.36. The second-order valence-corrected chi connectivity index (χ2v) is 10.7. The Kier molecular flexibility index (Phi) is 6.52. The molecule has 0 saturated carbocycles. The maximum Gasteiger partial charge on any atom is 0.191 e. The minimum Gasteiger partial charge on any atom is -0.417 e. The number of unbranched alkanes of at least 4 members (excludes halogenated alkanes) is 1. The third-order valence-corrected chi connectivity index (χ3v) is 7.74. The van der Waals surface area contributed by atoms with Crippen LogP contribution in [-0.4, -0.2) is 26.1 Å². The molecule has 0 aliphatic rings. The van der Waals surface area contributed by atoms with Gasteiger partial charge in [0.2, 0.25) is 0 Å². The maximum atomic E-state index is 9.03. The molecule has 96 valence electrons. The van der Waals surface area contributed by atoms with Crippen LogP contribution in [0.15, 0.2) is 12.2 Å². The molecule has 0 fully saturated rings. The molecular formula is C13H28O2Si. The van der Waals surface area contributed by atoms with Gasteiger partial charge in [-0.2, -0.15) is 0 Å². The van der Waals surface area contributed by atoms with Crippen LogP contribution in [0.25, 0.3) is 0 Å². The van der Waals surface area contributed by atoms with Gasteiger partial charge in [-0.15, -0.1) is 0 Å². The number of allylic oxidation sites excluding steroid dienone is 1. The van der Waals surface area contributed by atoms with Crippen molar-refractivity contribution >= 4 is 8.32 Å². The summed E-state index contributed by atoms with van der Waals surface area (Å²) in [7, 11) is -1.56. The zero-order chi connectivity index (χ0) is 12.8. The summed E-state index contributed by atoms with van der Waals surface area (Å²) in [6.45, 7) is 13.9. The second kappa shape index (κ2) is 6.57. The standard InChI is InChI=1S/C13H28O2Si/c1-12(14)10-8-7-9-11-15-16(5,6)13(2,3)4/h8,10,12,14H,7,9,11H2,1-6H3/b10-8-/t12-/m0/s1. The van der Waals surface area contributed by atoms with E-state index in [1.54, 1.807) is 6.92 Å². The van der Waals surface area contributed by atoms with E-state index in [2.05, 4.69) is 33.9 Å². The summed E-state index contributed by atoms with van der Waals surface area (Å²) in [6.07, 6.45) is 5.54. The van der Waals surface area contributed by atoms with Crippen LogP contribution in [-0.2, 0) is 4.43 Å². The van der Waals surface area contributed by atoms with E-state index in [1.807, 2.05) is 12.2 Å². The van der Waals surface area contributed by atoms with E-state index < -0.39 is 8.32 Å². The van der Waals surface area contributed by atoms with E-state index in [-0.39, 0.29) is 6.10 Å². The van der Waals surface area contributed by atoms with Crippen LogP contribution in [0.4, 0.5) is 0 Å². The molecule has 0 radical (unpaired) electrons. The summed E-state index contributed by atoms with van der Waals surface area (Å²) in [5.74, 6) is 0. The average molecular weight is 244 g/mol. The average Bonchev–Trinajstić information content (AvgIpc) is 2.08. The molecule has 0 amide bonds. The Morgan fingerprint density at radius 1 is 1.31 bits per heavy atom. The van der Waals surface area contributed by atoms with Crippen molar-refractivity contribution in [2.75, 3.05) is 6.61 Å². The first kappa shape index (κ1) is 15.9. The Labute approximate surface area is 102 Å². The summed E-state index contributed by atoms with van der Waals surface area (Å²) in [5.41, 5.74) is 0. The molecule has 0 rings (SSSR count). The van der Waals surface area contributed by atoms with Gasteiger partial charge in [0.25, 0.3) is 0 Å². The van der Waals surface area contributed by atoms with Gasteiger partial charge in [0.15, 0.2) is 8.32 Å². The minimum atomic E-state index is -1.56. The van der Waals surface area contributed by atoms with Crippen LogP contribution < -0.4 is 0 Å². The fourth-order valence-corrected chi connectivity index (χ4v) is 2.13. The van der Waals surface area contributed by atoms with Crippen LogP contribution in [0.3, 0.4) is 0 Å². The monoisotopic (exact) mass is 244 g/mol. The zero-order valence-corrected chi connectivity index (χ0v) is 12.7. The highest BCUT2D eigenvalue weighted by Crippen LogP contribution is 2.36. The normalized spacial score (nSPS) is 15.7. The molecule has 0 aliphatic carbocycles. The van der Waals surface area contributed by atoms with E-state index >= 15 is 0 Å². The van der Waals surface area contributed by atoms with Gasteiger partial charge >= 0.3 is 0 Å². The van der Waals surface area contributed by atoms with Gasteiger partial charge in [-0.25, -0.2) is 0 Å². The summed E-state index contributed by atoms with van der Waals surface area (Å²) < 4.78 is 6.04. The molecule has 0 heterocycles. The summed E-state index contributed by atoms with van der Waals surface area (Å²) in [5, 5.41) is 9.33. The number of hydrogen-bond donors (Lipinski definition) is 1. The van der Waals surface area contributed by atoms with Gasteiger partial charge in [-0.05, 0) is 37.9 Å². The fourth-order valence-electron chi connectivity index (χ4n) is 1.04. The molecule has 1 N–H and O–H groups in total. The van der Waals surface area contributed by atoms with Crippen molar-refractivity contribution in [3.05, 3.63) is 12.2 Å². The molecule has 16 heavy (non-hydrogen) atoms. The summed E-state index contributed by atoms with van der Waals surface area (Å²) in [6, 6.07) is 0. The molecule has 0 aromatic heterocycles. The number of aliphatic hydroxyl groups is 1. The smallest absolute Gasteiger partial charge is 0.191 e. The second-order valence-electron chi connectivity index (χ2n) is 5.92. The van der Waals surface area contributed by atoms with Crippen molar-refractivity contribution < 1.29 is 9.53 Å². The Morgan fingerprint density at radius 2 is 1.88 bits per heavy atom. The molecule has 0 saturated heterocycles. The van der Waals surface area contributed by atoms with Gasteiger partial charge in [0, 0.05) is 6.61 Å². The minimum absolute atomic E-state index is 0.294. The predicted molar refractivity (Wildman–Crippen MR) is 73.2 cm³/mol. The number of rotatable bonds is 6. The number of hydrogen-bond acceptors (Lipinski definition) is 2. The molecule has 0 bridgehead atoms. The highest BCUT2D eigenvalue weighted by atomic mass is 28.4. The fraction of sp³-hybridized carbons (Fsp3) is 0.846. The third-order valence-electron chi connectivity index (χ3n) is 3.20. The zero-order valence-electron chi connectivity index (χ0n) is 11.7. The molecular weight excluding hydrogens is 216 g/mol. The first-order valence-electron chi connectivity index (χ1n) is 6.15. The molecule has 0 aromatic carbocycles. The molecule has 1 atom stereocenters. The number of aliphatic hydroxyl groups excluding tert-OH is 1. The molecule has 0 spiro atoms. The predicted octanol–water partition coefficient (Wildman–Crippen LogP) is 3.73. The van der Waals surface area contributed by atoms with Crippen molar-refractivity contribution in [3.63, 3.8) is 0 Å². The molecule has 0 aromatic rings. The van der Waals surface area contributed by atoms with Crippen LogP contribution >= 0.6 is 0 Å². The van der Waals surface area contributed by atoms with Crippen molar-refractivity contribution in [3.8, 4) is 0 Å². The third kappa shape index (κ3) is 6.46. The first-order valence-corrected chi connectivity index (χ1v) is 9.06. The van der Waals surface area contributed by atoms with Crippen LogP contribution in [0.2, 0.25) is 18.1 Å². The molecule has 0 unspecified atom stereocenters. The lowest BCUT2D eigenvalue weighted by atomic mass is 10.2. The van der Waals surface area contributed by atoms with Crippen molar-refractivity contribution in [1.82, 2.24) is 0 Å². The van der Waals surface area contributed by atoms with Crippen LogP contribution in [0.5, 0.6) is 0 Å². The maximum absolute atomic E-state index is 9.03. The van der Waals surface area contributed by atoms with Crippen molar-refractivity contribution in [2.45, 2.75) is 64.8 Å². The van der Waals surface area contributed by atoms with E-state index in [1.165, 1.54) is 0 Å². The van der Waals surface area contributed by atoms with Crippen molar-refractivity contribution in [1.29, 1.82) is 0 Å². The molecule has 3 heteroatoms.